The molecule has 74 valence electrons. The third kappa shape index (κ3) is 2.84. The van der Waals surface area contributed by atoms with Crippen LogP contribution in [-0.4, -0.2) is 25.7 Å². The minimum absolute atomic E-state index is 0.142. The van der Waals surface area contributed by atoms with Gasteiger partial charge in [0, 0.05) is 11.6 Å². The maximum absolute atomic E-state index is 11.3. The van der Waals surface area contributed by atoms with Gasteiger partial charge < -0.3 is 10.1 Å². The average molecular weight is 183 g/mol. The summed E-state index contributed by atoms with van der Waals surface area (Å²) in [4.78, 5) is 11.3. The monoisotopic (exact) mass is 183 g/mol. The summed E-state index contributed by atoms with van der Waals surface area (Å²) in [6.45, 7) is 2.29. The van der Waals surface area contributed by atoms with Crippen LogP contribution in [0.5, 0.6) is 0 Å². The molecule has 0 aromatic rings. The SMILES string of the molecule is CCOC(=O)C1=CCC(NC)CC1. The first-order chi connectivity index (χ1) is 6.27. The smallest absolute Gasteiger partial charge is 0.333 e. The van der Waals surface area contributed by atoms with Crippen molar-refractivity contribution in [2.75, 3.05) is 13.7 Å². The van der Waals surface area contributed by atoms with Crippen LogP contribution in [0.25, 0.3) is 0 Å². The minimum Gasteiger partial charge on any atom is -0.463 e. The molecule has 0 saturated carbocycles. The van der Waals surface area contributed by atoms with Gasteiger partial charge in [-0.05, 0) is 33.2 Å². The number of carbonyl (C=O) groups is 1. The Balaban J connectivity index is 2.45. The number of carbonyl (C=O) groups excluding carboxylic acids is 1. The van der Waals surface area contributed by atoms with Crippen molar-refractivity contribution >= 4 is 5.97 Å². The van der Waals surface area contributed by atoms with Crippen LogP contribution in [-0.2, 0) is 9.53 Å². The lowest BCUT2D eigenvalue weighted by molar-refractivity contribution is -0.138. The highest BCUT2D eigenvalue weighted by Gasteiger charge is 2.17. The van der Waals surface area contributed by atoms with Crippen molar-refractivity contribution in [1.82, 2.24) is 5.32 Å². The van der Waals surface area contributed by atoms with Gasteiger partial charge in [0.25, 0.3) is 0 Å². The quantitative estimate of drug-likeness (QED) is 0.669. The first-order valence-corrected chi connectivity index (χ1v) is 4.81. The lowest BCUT2D eigenvalue weighted by Crippen LogP contribution is -2.27. The molecule has 1 N–H and O–H groups in total. The Bertz CT molecular complexity index is 211. The van der Waals surface area contributed by atoms with Gasteiger partial charge in [-0.15, -0.1) is 0 Å². The van der Waals surface area contributed by atoms with Crippen LogP contribution >= 0.6 is 0 Å². The lowest BCUT2D eigenvalue weighted by atomic mass is 9.95. The second-order valence-corrected chi connectivity index (χ2v) is 3.21. The van der Waals surface area contributed by atoms with Crippen molar-refractivity contribution in [3.05, 3.63) is 11.6 Å². The standard InChI is InChI=1S/C10H17NO2/c1-3-13-10(12)8-4-6-9(11-2)7-5-8/h4,9,11H,3,5-7H2,1-2H3. The second kappa shape index (κ2) is 5.02. The highest BCUT2D eigenvalue weighted by Crippen LogP contribution is 2.18. The maximum atomic E-state index is 11.3. The summed E-state index contributed by atoms with van der Waals surface area (Å²) >= 11 is 0. The Morgan fingerprint density at radius 1 is 1.77 bits per heavy atom. The van der Waals surface area contributed by atoms with Gasteiger partial charge in [0.15, 0.2) is 0 Å². The Morgan fingerprint density at radius 3 is 3.00 bits per heavy atom. The molecular formula is C10H17NO2. The molecule has 0 amide bonds. The van der Waals surface area contributed by atoms with Crippen molar-refractivity contribution in [3.63, 3.8) is 0 Å². The van der Waals surface area contributed by atoms with Crippen molar-refractivity contribution in [2.45, 2.75) is 32.2 Å². The van der Waals surface area contributed by atoms with E-state index in [1.165, 1.54) is 0 Å². The molecule has 0 aromatic carbocycles. The Hall–Kier alpha value is -0.830. The number of hydrogen-bond acceptors (Lipinski definition) is 3. The number of hydrogen-bond donors (Lipinski definition) is 1. The van der Waals surface area contributed by atoms with Gasteiger partial charge in [0.1, 0.15) is 0 Å². The van der Waals surface area contributed by atoms with E-state index in [0.717, 1.165) is 24.8 Å². The molecule has 1 atom stereocenters. The Morgan fingerprint density at radius 2 is 2.54 bits per heavy atom. The van der Waals surface area contributed by atoms with Crippen molar-refractivity contribution in [3.8, 4) is 0 Å². The van der Waals surface area contributed by atoms with E-state index in [1.54, 1.807) is 0 Å². The zero-order chi connectivity index (χ0) is 9.68. The minimum atomic E-state index is -0.142. The summed E-state index contributed by atoms with van der Waals surface area (Å²) in [5, 5.41) is 3.20. The summed E-state index contributed by atoms with van der Waals surface area (Å²) in [7, 11) is 1.95. The van der Waals surface area contributed by atoms with Crippen LogP contribution in [0.2, 0.25) is 0 Å². The van der Waals surface area contributed by atoms with Crippen molar-refractivity contribution in [1.29, 1.82) is 0 Å². The average Bonchev–Trinajstić information content (AvgIpc) is 2.18. The topological polar surface area (TPSA) is 38.3 Å². The van der Waals surface area contributed by atoms with Gasteiger partial charge in [-0.2, -0.15) is 0 Å². The fourth-order valence-electron chi connectivity index (χ4n) is 1.51. The molecule has 3 heteroatoms. The van der Waals surface area contributed by atoms with Crippen LogP contribution in [0.15, 0.2) is 11.6 Å². The van der Waals surface area contributed by atoms with E-state index in [9.17, 15) is 4.79 Å². The molecule has 1 aliphatic carbocycles. The number of ether oxygens (including phenoxy) is 1. The van der Waals surface area contributed by atoms with E-state index in [0.29, 0.717) is 12.6 Å². The number of nitrogens with one attached hydrogen (secondary N) is 1. The molecule has 0 radical (unpaired) electrons. The zero-order valence-electron chi connectivity index (χ0n) is 8.30. The molecule has 3 nitrogen and oxygen atoms in total. The molecule has 1 aliphatic rings. The van der Waals surface area contributed by atoms with Gasteiger partial charge in [-0.25, -0.2) is 4.79 Å². The van der Waals surface area contributed by atoms with Gasteiger partial charge in [-0.3, -0.25) is 0 Å². The molecule has 0 saturated heterocycles. The van der Waals surface area contributed by atoms with Crippen LogP contribution in [0.4, 0.5) is 0 Å². The van der Waals surface area contributed by atoms with Gasteiger partial charge >= 0.3 is 5.97 Å². The fourth-order valence-corrected chi connectivity index (χ4v) is 1.51. The first-order valence-electron chi connectivity index (χ1n) is 4.81. The lowest BCUT2D eigenvalue weighted by Gasteiger charge is -2.20. The third-order valence-electron chi connectivity index (χ3n) is 2.36. The number of rotatable bonds is 3. The van der Waals surface area contributed by atoms with Crippen LogP contribution in [0.3, 0.4) is 0 Å². The summed E-state index contributed by atoms with van der Waals surface area (Å²) in [5.41, 5.74) is 0.841. The van der Waals surface area contributed by atoms with Gasteiger partial charge in [0.05, 0.1) is 6.61 Å². The molecule has 0 heterocycles. The highest BCUT2D eigenvalue weighted by molar-refractivity contribution is 5.88. The highest BCUT2D eigenvalue weighted by atomic mass is 16.5. The molecule has 0 fully saturated rings. The molecule has 0 spiro atoms. The molecule has 0 bridgehead atoms. The summed E-state index contributed by atoms with van der Waals surface area (Å²) in [5.74, 6) is -0.142. The van der Waals surface area contributed by atoms with Crippen LogP contribution < -0.4 is 5.32 Å². The summed E-state index contributed by atoms with van der Waals surface area (Å²) in [6.07, 6.45) is 4.79. The Labute approximate surface area is 79.2 Å². The molecule has 0 aliphatic heterocycles. The second-order valence-electron chi connectivity index (χ2n) is 3.21. The summed E-state index contributed by atoms with van der Waals surface area (Å²) < 4.78 is 4.92. The largest absolute Gasteiger partial charge is 0.463 e. The first kappa shape index (κ1) is 10.3. The van der Waals surface area contributed by atoms with E-state index < -0.39 is 0 Å². The predicted molar refractivity (Wildman–Crippen MR) is 51.4 cm³/mol. The summed E-state index contributed by atoms with van der Waals surface area (Å²) in [6, 6.07) is 0.526. The van der Waals surface area contributed by atoms with Gasteiger partial charge in [0.2, 0.25) is 0 Å². The third-order valence-corrected chi connectivity index (χ3v) is 2.36. The fraction of sp³-hybridized carbons (Fsp3) is 0.700. The maximum Gasteiger partial charge on any atom is 0.333 e. The predicted octanol–water partition coefficient (Wildman–Crippen LogP) is 1.25. The molecule has 1 unspecified atom stereocenters. The van der Waals surface area contributed by atoms with Crippen LogP contribution in [0.1, 0.15) is 26.2 Å². The van der Waals surface area contributed by atoms with E-state index >= 15 is 0 Å². The van der Waals surface area contributed by atoms with Crippen LogP contribution in [0, 0.1) is 0 Å². The molecule has 13 heavy (non-hydrogen) atoms. The molecule has 0 aromatic heterocycles. The normalized spacial score (nSPS) is 22.3. The van der Waals surface area contributed by atoms with E-state index in [4.69, 9.17) is 4.74 Å². The molecule has 1 rings (SSSR count). The van der Waals surface area contributed by atoms with Gasteiger partial charge in [-0.1, -0.05) is 6.08 Å². The van der Waals surface area contributed by atoms with Crippen molar-refractivity contribution < 1.29 is 9.53 Å². The van der Waals surface area contributed by atoms with E-state index in [2.05, 4.69) is 5.32 Å². The van der Waals surface area contributed by atoms with E-state index in [-0.39, 0.29) is 5.97 Å². The van der Waals surface area contributed by atoms with E-state index in [1.807, 2.05) is 20.0 Å². The number of esters is 1. The zero-order valence-corrected chi connectivity index (χ0v) is 8.30. The molecular weight excluding hydrogens is 166 g/mol. The Kier molecular flexibility index (Phi) is 3.96. The van der Waals surface area contributed by atoms with Crippen molar-refractivity contribution in [2.24, 2.45) is 0 Å².